The highest BCUT2D eigenvalue weighted by atomic mass is 15.3. The lowest BCUT2D eigenvalue weighted by atomic mass is 10.5. The summed E-state index contributed by atoms with van der Waals surface area (Å²) >= 11 is 0. The van der Waals surface area contributed by atoms with Crippen LogP contribution in [0.15, 0.2) is 30.9 Å². The molecule has 0 amide bonds. The van der Waals surface area contributed by atoms with E-state index in [9.17, 15) is 0 Å². The van der Waals surface area contributed by atoms with Gasteiger partial charge in [0.25, 0.3) is 0 Å². The van der Waals surface area contributed by atoms with E-state index in [0.29, 0.717) is 0 Å². The number of hydrogen-bond donors (Lipinski definition) is 1. The maximum Gasteiger partial charge on any atom is 0.122 e. The van der Waals surface area contributed by atoms with E-state index in [0.717, 1.165) is 32.0 Å². The van der Waals surface area contributed by atoms with Gasteiger partial charge in [0.05, 0.1) is 13.1 Å². The molecule has 0 fully saturated rings. The average molecular weight is 219 g/mol. The van der Waals surface area contributed by atoms with Gasteiger partial charge in [-0.25, -0.2) is 4.98 Å². The smallest absolute Gasteiger partial charge is 0.122 e. The fraction of sp³-hybridized carbons (Fsp3) is 0.455. The van der Waals surface area contributed by atoms with Gasteiger partial charge in [-0.15, -0.1) is 0 Å². The summed E-state index contributed by atoms with van der Waals surface area (Å²) in [6, 6.07) is 1.93. The molecule has 86 valence electrons. The number of aryl methyl sites for hydroxylation is 1. The van der Waals surface area contributed by atoms with E-state index in [2.05, 4.69) is 26.9 Å². The van der Waals surface area contributed by atoms with Crippen LogP contribution in [0.5, 0.6) is 0 Å². The molecule has 0 saturated heterocycles. The summed E-state index contributed by atoms with van der Waals surface area (Å²) in [5, 5.41) is 7.50. The molecular formula is C11H17N5. The Kier molecular flexibility index (Phi) is 3.71. The third-order valence-electron chi connectivity index (χ3n) is 2.50. The first-order valence-corrected chi connectivity index (χ1v) is 5.58. The van der Waals surface area contributed by atoms with E-state index in [1.165, 1.54) is 0 Å². The van der Waals surface area contributed by atoms with Gasteiger partial charge in [0, 0.05) is 37.9 Å². The minimum atomic E-state index is 0.808. The second-order valence-corrected chi connectivity index (χ2v) is 3.58. The highest BCUT2D eigenvalue weighted by Crippen LogP contribution is 1.96. The predicted octanol–water partition coefficient (Wildman–Crippen LogP) is 0.889. The van der Waals surface area contributed by atoms with Gasteiger partial charge in [-0.2, -0.15) is 5.10 Å². The number of nitrogens with one attached hydrogen (secondary N) is 1. The molecule has 1 N–H and O–H groups in total. The third kappa shape index (κ3) is 2.70. The van der Waals surface area contributed by atoms with Gasteiger partial charge in [0.2, 0.25) is 0 Å². The lowest BCUT2D eigenvalue weighted by Crippen LogP contribution is -2.21. The molecule has 0 aromatic carbocycles. The first-order chi connectivity index (χ1) is 7.90. The standard InChI is InChI=1S/C11H17N5/c1-2-15-8-6-13-11(15)10-12-5-9-16-7-3-4-14-16/h3-4,6-8,12H,2,5,9-10H2,1H3. The van der Waals surface area contributed by atoms with Gasteiger partial charge < -0.3 is 9.88 Å². The topological polar surface area (TPSA) is 47.7 Å². The molecular weight excluding hydrogens is 202 g/mol. The Morgan fingerprint density at radius 2 is 2.25 bits per heavy atom. The Morgan fingerprint density at radius 1 is 1.31 bits per heavy atom. The number of rotatable bonds is 6. The molecule has 0 saturated carbocycles. The van der Waals surface area contributed by atoms with Crippen LogP contribution in [0.1, 0.15) is 12.7 Å². The van der Waals surface area contributed by atoms with Crippen molar-refractivity contribution in [1.29, 1.82) is 0 Å². The van der Waals surface area contributed by atoms with E-state index < -0.39 is 0 Å². The molecule has 0 unspecified atom stereocenters. The zero-order valence-electron chi connectivity index (χ0n) is 9.50. The summed E-state index contributed by atoms with van der Waals surface area (Å²) in [6.45, 7) is 5.69. The van der Waals surface area contributed by atoms with Gasteiger partial charge in [-0.05, 0) is 13.0 Å². The normalized spacial score (nSPS) is 10.8. The van der Waals surface area contributed by atoms with Crippen LogP contribution < -0.4 is 5.32 Å². The highest BCUT2D eigenvalue weighted by Gasteiger charge is 1.99. The van der Waals surface area contributed by atoms with E-state index in [1.54, 1.807) is 6.20 Å². The van der Waals surface area contributed by atoms with E-state index in [1.807, 2.05) is 29.3 Å². The zero-order valence-corrected chi connectivity index (χ0v) is 9.50. The molecule has 5 heteroatoms. The maximum absolute atomic E-state index is 4.30. The average Bonchev–Trinajstić information content (AvgIpc) is 2.95. The second-order valence-electron chi connectivity index (χ2n) is 3.58. The quantitative estimate of drug-likeness (QED) is 0.734. The Morgan fingerprint density at radius 3 is 3.00 bits per heavy atom. The van der Waals surface area contributed by atoms with Crippen molar-refractivity contribution in [3.63, 3.8) is 0 Å². The van der Waals surface area contributed by atoms with Crippen LogP contribution in [0.25, 0.3) is 0 Å². The van der Waals surface area contributed by atoms with E-state index >= 15 is 0 Å². The van der Waals surface area contributed by atoms with Gasteiger partial charge in [0.1, 0.15) is 5.82 Å². The third-order valence-corrected chi connectivity index (χ3v) is 2.50. The first-order valence-electron chi connectivity index (χ1n) is 5.58. The van der Waals surface area contributed by atoms with Gasteiger partial charge >= 0.3 is 0 Å². The molecule has 0 spiro atoms. The monoisotopic (exact) mass is 219 g/mol. The molecule has 0 aliphatic carbocycles. The molecule has 0 atom stereocenters. The van der Waals surface area contributed by atoms with E-state index in [-0.39, 0.29) is 0 Å². The highest BCUT2D eigenvalue weighted by molar-refractivity contribution is 4.91. The predicted molar refractivity (Wildman–Crippen MR) is 61.8 cm³/mol. The lowest BCUT2D eigenvalue weighted by molar-refractivity contribution is 0.537. The Bertz CT molecular complexity index is 404. The van der Waals surface area contributed by atoms with Crippen LogP contribution in [-0.4, -0.2) is 25.9 Å². The maximum atomic E-state index is 4.30. The van der Waals surface area contributed by atoms with Crippen molar-refractivity contribution < 1.29 is 0 Å². The molecule has 2 aromatic heterocycles. The van der Waals surface area contributed by atoms with Crippen molar-refractivity contribution in [2.45, 2.75) is 26.6 Å². The molecule has 2 rings (SSSR count). The van der Waals surface area contributed by atoms with Crippen LogP contribution in [0.3, 0.4) is 0 Å². The van der Waals surface area contributed by atoms with Gasteiger partial charge in [0.15, 0.2) is 0 Å². The molecule has 0 aliphatic rings. The van der Waals surface area contributed by atoms with Crippen LogP contribution in [0.4, 0.5) is 0 Å². The number of imidazole rings is 1. The minimum absolute atomic E-state index is 0.808. The molecule has 5 nitrogen and oxygen atoms in total. The van der Waals surface area contributed by atoms with Gasteiger partial charge in [-0.3, -0.25) is 4.68 Å². The molecule has 0 aliphatic heterocycles. The Hall–Kier alpha value is -1.62. The Balaban J connectivity index is 1.72. The summed E-state index contributed by atoms with van der Waals surface area (Å²) in [5.74, 6) is 1.09. The van der Waals surface area contributed by atoms with Crippen LogP contribution in [0, 0.1) is 0 Å². The second kappa shape index (κ2) is 5.46. The summed E-state index contributed by atoms with van der Waals surface area (Å²) in [6.07, 6.45) is 7.61. The van der Waals surface area contributed by atoms with Crippen molar-refractivity contribution in [3.05, 3.63) is 36.7 Å². The minimum Gasteiger partial charge on any atom is -0.334 e. The fourth-order valence-electron chi connectivity index (χ4n) is 1.62. The molecule has 0 bridgehead atoms. The van der Waals surface area contributed by atoms with Crippen LogP contribution in [-0.2, 0) is 19.6 Å². The van der Waals surface area contributed by atoms with Crippen molar-refractivity contribution in [1.82, 2.24) is 24.6 Å². The van der Waals surface area contributed by atoms with Crippen molar-refractivity contribution in [3.8, 4) is 0 Å². The van der Waals surface area contributed by atoms with Crippen molar-refractivity contribution >= 4 is 0 Å². The molecule has 2 aromatic rings. The summed E-state index contributed by atoms with van der Waals surface area (Å²) < 4.78 is 4.06. The Labute approximate surface area is 95.1 Å². The number of hydrogen-bond acceptors (Lipinski definition) is 3. The number of aromatic nitrogens is 4. The molecule has 16 heavy (non-hydrogen) atoms. The SMILES string of the molecule is CCn1ccnc1CNCCn1cccn1. The zero-order chi connectivity index (χ0) is 11.2. The molecule has 0 radical (unpaired) electrons. The van der Waals surface area contributed by atoms with Gasteiger partial charge in [-0.1, -0.05) is 0 Å². The summed E-state index contributed by atoms with van der Waals surface area (Å²) in [5.41, 5.74) is 0. The summed E-state index contributed by atoms with van der Waals surface area (Å²) in [7, 11) is 0. The summed E-state index contributed by atoms with van der Waals surface area (Å²) in [4.78, 5) is 4.30. The van der Waals surface area contributed by atoms with Crippen molar-refractivity contribution in [2.24, 2.45) is 0 Å². The largest absolute Gasteiger partial charge is 0.334 e. The first kappa shape index (κ1) is 10.9. The fourth-order valence-corrected chi connectivity index (χ4v) is 1.62. The lowest BCUT2D eigenvalue weighted by Gasteiger charge is -2.06. The van der Waals surface area contributed by atoms with E-state index in [4.69, 9.17) is 0 Å². The van der Waals surface area contributed by atoms with Crippen molar-refractivity contribution in [2.75, 3.05) is 6.54 Å². The van der Waals surface area contributed by atoms with Crippen LogP contribution >= 0.6 is 0 Å². The van der Waals surface area contributed by atoms with Crippen LogP contribution in [0.2, 0.25) is 0 Å². The molecule has 2 heterocycles. The number of nitrogens with zero attached hydrogens (tertiary/aromatic N) is 4.